The van der Waals surface area contributed by atoms with Crippen molar-refractivity contribution in [1.29, 1.82) is 0 Å². The van der Waals surface area contributed by atoms with Gasteiger partial charge in [0.25, 0.3) is 0 Å². The molecule has 0 radical (unpaired) electrons. The quantitative estimate of drug-likeness (QED) is 0.832. The molecule has 6 heteroatoms. The molecule has 1 aliphatic rings. The lowest BCUT2D eigenvalue weighted by Gasteiger charge is -2.20. The minimum Gasteiger partial charge on any atom is -0.476 e. The van der Waals surface area contributed by atoms with E-state index in [0.717, 1.165) is 25.2 Å². The zero-order valence-electron chi connectivity index (χ0n) is 8.23. The van der Waals surface area contributed by atoms with Crippen molar-refractivity contribution in [3.63, 3.8) is 0 Å². The summed E-state index contributed by atoms with van der Waals surface area (Å²) < 4.78 is 1.80. The van der Waals surface area contributed by atoms with E-state index in [0.29, 0.717) is 5.92 Å². The molecule has 1 aliphatic heterocycles. The Morgan fingerprint density at radius 2 is 2.33 bits per heavy atom. The van der Waals surface area contributed by atoms with E-state index in [1.807, 2.05) is 0 Å². The van der Waals surface area contributed by atoms with E-state index in [9.17, 15) is 4.79 Å². The smallest absolute Gasteiger partial charge is 0.357 e. The van der Waals surface area contributed by atoms with Crippen LogP contribution in [0, 0.1) is 5.92 Å². The summed E-state index contributed by atoms with van der Waals surface area (Å²) >= 11 is 5.92. The average Bonchev–Trinajstić information content (AvgIpc) is 2.44. The molecular weight excluding hydrogens is 239 g/mol. The molecule has 84 valence electrons. The van der Waals surface area contributed by atoms with Crippen LogP contribution in [-0.4, -0.2) is 20.6 Å². The van der Waals surface area contributed by atoms with Gasteiger partial charge >= 0.3 is 5.97 Å². The number of imidazole rings is 1. The summed E-state index contributed by atoms with van der Waals surface area (Å²) in [5.41, 5.74) is -0.0178. The van der Waals surface area contributed by atoms with Crippen LogP contribution >= 0.6 is 24.0 Å². The fraction of sp³-hybridized carbons (Fsp3) is 0.556. The third-order valence-electron chi connectivity index (χ3n) is 2.54. The molecule has 1 aromatic rings. The summed E-state index contributed by atoms with van der Waals surface area (Å²) in [6.07, 6.45) is 1.86. The number of rotatable bonds is 1. The summed E-state index contributed by atoms with van der Waals surface area (Å²) in [5, 5.41) is 9.08. The van der Waals surface area contributed by atoms with E-state index >= 15 is 0 Å². The van der Waals surface area contributed by atoms with E-state index in [-0.39, 0.29) is 23.3 Å². The first-order valence-corrected chi connectivity index (χ1v) is 4.95. The second kappa shape index (κ2) is 4.41. The number of fused-ring (bicyclic) bond motifs is 1. The lowest BCUT2D eigenvalue weighted by atomic mass is 10.0. The third kappa shape index (κ3) is 2.11. The van der Waals surface area contributed by atoms with Crippen LogP contribution in [0.2, 0.25) is 5.15 Å². The minimum absolute atomic E-state index is 0. The van der Waals surface area contributed by atoms with Gasteiger partial charge in [0, 0.05) is 13.0 Å². The minimum atomic E-state index is -1.05. The van der Waals surface area contributed by atoms with Crippen molar-refractivity contribution in [3.8, 4) is 0 Å². The van der Waals surface area contributed by atoms with Gasteiger partial charge in [-0.1, -0.05) is 18.5 Å². The molecule has 1 aromatic heterocycles. The van der Waals surface area contributed by atoms with Crippen LogP contribution in [0.4, 0.5) is 0 Å². The monoisotopic (exact) mass is 250 g/mol. The maximum absolute atomic E-state index is 10.8. The van der Waals surface area contributed by atoms with Gasteiger partial charge in [-0.3, -0.25) is 0 Å². The highest BCUT2D eigenvalue weighted by Crippen LogP contribution is 2.26. The molecule has 1 atom stereocenters. The Balaban J connectivity index is 0.00000112. The van der Waals surface area contributed by atoms with Crippen molar-refractivity contribution in [2.45, 2.75) is 26.3 Å². The van der Waals surface area contributed by atoms with Crippen LogP contribution in [0.5, 0.6) is 0 Å². The maximum atomic E-state index is 10.8. The first kappa shape index (κ1) is 12.3. The molecule has 2 heterocycles. The van der Waals surface area contributed by atoms with Gasteiger partial charge in [-0.25, -0.2) is 9.78 Å². The van der Waals surface area contributed by atoms with Crippen LogP contribution in [0.25, 0.3) is 0 Å². The first-order chi connectivity index (χ1) is 6.59. The molecule has 0 amide bonds. The molecule has 0 fully saturated rings. The van der Waals surface area contributed by atoms with Crippen molar-refractivity contribution in [3.05, 3.63) is 16.7 Å². The molecule has 1 unspecified atom stereocenters. The predicted molar refractivity (Wildman–Crippen MR) is 58.9 cm³/mol. The Labute approximate surface area is 98.7 Å². The summed E-state index contributed by atoms with van der Waals surface area (Å²) in [4.78, 5) is 14.8. The number of nitrogens with zero attached hydrogens (tertiary/aromatic N) is 2. The molecule has 0 saturated heterocycles. The molecule has 0 aliphatic carbocycles. The standard InChI is InChI=1S/C9H11ClN2O2.ClH/c1-5-2-3-6-11-7(9(13)14)8(10)12(6)4-5;/h5H,2-4H2,1H3,(H,13,14);1H. The van der Waals surface area contributed by atoms with Crippen LogP contribution in [-0.2, 0) is 13.0 Å². The Hall–Kier alpha value is -0.740. The van der Waals surface area contributed by atoms with E-state index < -0.39 is 5.97 Å². The zero-order valence-corrected chi connectivity index (χ0v) is 9.81. The summed E-state index contributed by atoms with van der Waals surface area (Å²) in [6.45, 7) is 2.90. The largest absolute Gasteiger partial charge is 0.476 e. The van der Waals surface area contributed by atoms with Gasteiger partial charge in [0.2, 0.25) is 0 Å². The topological polar surface area (TPSA) is 55.1 Å². The number of aryl methyl sites for hydroxylation is 1. The molecule has 0 spiro atoms. The van der Waals surface area contributed by atoms with E-state index in [1.165, 1.54) is 0 Å². The Kier molecular flexibility index (Phi) is 3.62. The lowest BCUT2D eigenvalue weighted by Crippen LogP contribution is -2.17. The predicted octanol–water partition coefficient (Wildman–Crippen LogP) is 2.24. The number of hydrogen-bond donors (Lipinski definition) is 1. The van der Waals surface area contributed by atoms with Crippen molar-refractivity contribution < 1.29 is 9.90 Å². The number of halogens is 2. The number of carbonyl (C=O) groups is 1. The maximum Gasteiger partial charge on any atom is 0.357 e. The number of aromatic nitrogens is 2. The Morgan fingerprint density at radius 3 is 2.93 bits per heavy atom. The van der Waals surface area contributed by atoms with Gasteiger partial charge in [-0.05, 0) is 12.3 Å². The fourth-order valence-corrected chi connectivity index (χ4v) is 2.06. The van der Waals surface area contributed by atoms with Crippen molar-refractivity contribution in [2.24, 2.45) is 5.92 Å². The van der Waals surface area contributed by atoms with Gasteiger partial charge in [-0.2, -0.15) is 0 Å². The zero-order chi connectivity index (χ0) is 10.3. The molecule has 0 saturated carbocycles. The molecule has 1 N–H and O–H groups in total. The van der Waals surface area contributed by atoms with Crippen LogP contribution in [0.3, 0.4) is 0 Å². The van der Waals surface area contributed by atoms with Crippen molar-refractivity contribution in [2.75, 3.05) is 0 Å². The van der Waals surface area contributed by atoms with Crippen LogP contribution in [0.15, 0.2) is 0 Å². The van der Waals surface area contributed by atoms with Gasteiger partial charge in [0.05, 0.1) is 0 Å². The normalized spacial score (nSPS) is 19.2. The molecule has 0 aromatic carbocycles. The summed E-state index contributed by atoms with van der Waals surface area (Å²) in [7, 11) is 0. The Bertz CT molecular complexity index is 390. The van der Waals surface area contributed by atoms with Crippen LogP contribution < -0.4 is 0 Å². The van der Waals surface area contributed by atoms with E-state index in [4.69, 9.17) is 16.7 Å². The molecule has 0 bridgehead atoms. The fourth-order valence-electron chi connectivity index (χ4n) is 1.77. The van der Waals surface area contributed by atoms with Gasteiger partial charge in [-0.15, -0.1) is 12.4 Å². The highest BCUT2D eigenvalue weighted by atomic mass is 35.5. The lowest BCUT2D eigenvalue weighted by molar-refractivity contribution is 0.0691. The third-order valence-corrected chi connectivity index (χ3v) is 2.93. The summed E-state index contributed by atoms with van der Waals surface area (Å²) in [5.74, 6) is 0.283. The SMILES string of the molecule is CC1CCc2nc(C(=O)O)c(Cl)n2C1.Cl. The number of carboxylic acids is 1. The number of carboxylic acid groups (broad SMARTS) is 1. The first-order valence-electron chi connectivity index (χ1n) is 4.57. The number of hydrogen-bond acceptors (Lipinski definition) is 2. The van der Waals surface area contributed by atoms with E-state index in [2.05, 4.69) is 11.9 Å². The average molecular weight is 251 g/mol. The summed E-state index contributed by atoms with van der Waals surface area (Å²) in [6, 6.07) is 0. The molecule has 15 heavy (non-hydrogen) atoms. The van der Waals surface area contributed by atoms with E-state index in [1.54, 1.807) is 4.57 Å². The Morgan fingerprint density at radius 1 is 1.67 bits per heavy atom. The second-order valence-corrected chi connectivity index (χ2v) is 4.09. The van der Waals surface area contributed by atoms with Crippen LogP contribution in [0.1, 0.15) is 29.7 Å². The van der Waals surface area contributed by atoms with Crippen molar-refractivity contribution >= 4 is 30.0 Å². The highest BCUT2D eigenvalue weighted by Gasteiger charge is 2.24. The second-order valence-electron chi connectivity index (χ2n) is 3.73. The molecular formula is C9H12Cl2N2O2. The number of aromatic carboxylic acids is 1. The highest BCUT2D eigenvalue weighted by molar-refractivity contribution is 6.32. The van der Waals surface area contributed by atoms with Crippen molar-refractivity contribution in [1.82, 2.24) is 9.55 Å². The molecule has 2 rings (SSSR count). The molecule has 4 nitrogen and oxygen atoms in total. The van der Waals surface area contributed by atoms with Gasteiger partial charge in [0.15, 0.2) is 5.69 Å². The van der Waals surface area contributed by atoms with Gasteiger partial charge in [0.1, 0.15) is 11.0 Å². The van der Waals surface area contributed by atoms with Gasteiger partial charge < -0.3 is 9.67 Å².